The third-order valence-corrected chi connectivity index (χ3v) is 2.81. The molecule has 0 aliphatic heterocycles. The summed E-state index contributed by atoms with van der Waals surface area (Å²) in [6.07, 6.45) is 2.33. The molecule has 0 fully saturated rings. The average Bonchev–Trinajstić information content (AvgIpc) is 2.21. The van der Waals surface area contributed by atoms with Gasteiger partial charge < -0.3 is 9.80 Å². The van der Waals surface area contributed by atoms with Crippen molar-refractivity contribution < 1.29 is 0 Å². The molecule has 84 valence electrons. The Hall–Kier alpha value is -0.310. The lowest BCUT2D eigenvalue weighted by Crippen LogP contribution is -2.43. The highest BCUT2D eigenvalue weighted by atomic mass is 32.1. The summed E-state index contributed by atoms with van der Waals surface area (Å²) in [5.41, 5.74) is 0. The molecule has 0 saturated heterocycles. The van der Waals surface area contributed by atoms with Gasteiger partial charge in [-0.15, -0.1) is 0 Å². The normalized spacial score (nSPS) is 10.0. The molecule has 0 unspecified atom stereocenters. The van der Waals surface area contributed by atoms with Gasteiger partial charge in [-0.2, -0.15) is 0 Å². The lowest BCUT2D eigenvalue weighted by Gasteiger charge is -2.32. The summed E-state index contributed by atoms with van der Waals surface area (Å²) < 4.78 is 0. The predicted molar refractivity (Wildman–Crippen MR) is 67.7 cm³/mol. The van der Waals surface area contributed by atoms with Crippen LogP contribution in [-0.2, 0) is 0 Å². The SMILES string of the molecule is CCCN(CC)C(=S)N(CC)CCC. The molecule has 2 nitrogen and oxygen atoms in total. The molecule has 0 radical (unpaired) electrons. The monoisotopic (exact) mass is 216 g/mol. The molecule has 0 aromatic heterocycles. The van der Waals surface area contributed by atoms with E-state index in [1.54, 1.807) is 0 Å². The highest BCUT2D eigenvalue weighted by Gasteiger charge is 2.12. The van der Waals surface area contributed by atoms with E-state index in [1.807, 2.05) is 0 Å². The van der Waals surface area contributed by atoms with Crippen molar-refractivity contribution in [1.82, 2.24) is 9.80 Å². The molecule has 0 atom stereocenters. The van der Waals surface area contributed by atoms with Crippen LogP contribution < -0.4 is 0 Å². The maximum Gasteiger partial charge on any atom is 0.171 e. The zero-order valence-corrected chi connectivity index (χ0v) is 10.9. The van der Waals surface area contributed by atoms with Crippen LogP contribution in [0, 0.1) is 0 Å². The van der Waals surface area contributed by atoms with Crippen LogP contribution in [0.25, 0.3) is 0 Å². The minimum atomic E-state index is 1.02. The molecule has 0 N–H and O–H groups in total. The fraction of sp³-hybridized carbons (Fsp3) is 0.909. The molecule has 0 aliphatic rings. The van der Waals surface area contributed by atoms with Crippen molar-refractivity contribution in [3.05, 3.63) is 0 Å². The van der Waals surface area contributed by atoms with E-state index in [9.17, 15) is 0 Å². The predicted octanol–water partition coefficient (Wildman–Crippen LogP) is 2.74. The first-order valence-corrected chi connectivity index (χ1v) is 6.15. The first kappa shape index (κ1) is 13.7. The molecule has 0 saturated carbocycles. The molecule has 0 spiro atoms. The molecular formula is C11H24N2S. The topological polar surface area (TPSA) is 6.48 Å². The maximum atomic E-state index is 5.48. The molecule has 0 aromatic carbocycles. The van der Waals surface area contributed by atoms with Gasteiger partial charge in [-0.3, -0.25) is 0 Å². The zero-order valence-electron chi connectivity index (χ0n) is 10.0. The van der Waals surface area contributed by atoms with Gasteiger partial charge in [-0.25, -0.2) is 0 Å². The quantitative estimate of drug-likeness (QED) is 0.630. The molecular weight excluding hydrogens is 192 g/mol. The van der Waals surface area contributed by atoms with E-state index >= 15 is 0 Å². The maximum absolute atomic E-state index is 5.48. The lowest BCUT2D eigenvalue weighted by molar-refractivity contribution is 0.343. The summed E-state index contributed by atoms with van der Waals surface area (Å²) in [5, 5.41) is 1.03. The molecule has 0 bridgehead atoms. The zero-order chi connectivity index (χ0) is 11.0. The van der Waals surface area contributed by atoms with Crippen molar-refractivity contribution in [2.24, 2.45) is 0 Å². The second-order valence-electron chi connectivity index (χ2n) is 3.44. The first-order chi connectivity index (χ1) is 6.71. The number of thiocarbonyl (C=S) groups is 1. The van der Waals surface area contributed by atoms with Crippen LogP contribution in [0.2, 0.25) is 0 Å². The third-order valence-electron chi connectivity index (χ3n) is 2.29. The van der Waals surface area contributed by atoms with Crippen LogP contribution in [0.3, 0.4) is 0 Å². The summed E-state index contributed by atoms with van der Waals surface area (Å²) in [4.78, 5) is 4.57. The van der Waals surface area contributed by atoms with Crippen LogP contribution in [0.1, 0.15) is 40.5 Å². The third kappa shape index (κ3) is 4.27. The minimum absolute atomic E-state index is 1.02. The fourth-order valence-corrected chi connectivity index (χ4v) is 1.96. The summed E-state index contributed by atoms with van der Waals surface area (Å²) in [7, 11) is 0. The van der Waals surface area contributed by atoms with Crippen LogP contribution >= 0.6 is 12.2 Å². The standard InChI is InChI=1S/C11H24N2S/c1-5-9-12(7-3)11(14)13(8-4)10-6-2/h5-10H2,1-4H3. The molecule has 14 heavy (non-hydrogen) atoms. The minimum Gasteiger partial charge on any atom is -0.349 e. The second-order valence-corrected chi connectivity index (χ2v) is 3.81. The first-order valence-electron chi connectivity index (χ1n) is 5.74. The van der Waals surface area contributed by atoms with Crippen LogP contribution in [0.5, 0.6) is 0 Å². The molecule has 0 aliphatic carbocycles. The van der Waals surface area contributed by atoms with E-state index in [2.05, 4.69) is 37.5 Å². The Morgan fingerprint density at radius 1 is 0.857 bits per heavy atom. The number of rotatable bonds is 6. The van der Waals surface area contributed by atoms with Gasteiger partial charge >= 0.3 is 0 Å². The lowest BCUT2D eigenvalue weighted by atomic mass is 10.4. The largest absolute Gasteiger partial charge is 0.349 e. The van der Waals surface area contributed by atoms with Gasteiger partial charge in [-0.05, 0) is 38.9 Å². The van der Waals surface area contributed by atoms with E-state index < -0.39 is 0 Å². The highest BCUT2D eigenvalue weighted by molar-refractivity contribution is 7.80. The van der Waals surface area contributed by atoms with Crippen molar-refractivity contribution in [2.45, 2.75) is 40.5 Å². The Morgan fingerprint density at radius 3 is 1.43 bits per heavy atom. The van der Waals surface area contributed by atoms with Crippen molar-refractivity contribution >= 4 is 17.3 Å². The van der Waals surface area contributed by atoms with Gasteiger partial charge in [0.25, 0.3) is 0 Å². The number of nitrogens with zero attached hydrogens (tertiary/aromatic N) is 2. The van der Waals surface area contributed by atoms with E-state index in [1.165, 1.54) is 0 Å². The Morgan fingerprint density at radius 2 is 1.21 bits per heavy atom. The van der Waals surface area contributed by atoms with Gasteiger partial charge in [-0.1, -0.05) is 13.8 Å². The van der Waals surface area contributed by atoms with E-state index in [0.29, 0.717) is 0 Å². The summed E-state index contributed by atoms with van der Waals surface area (Å²) >= 11 is 5.48. The van der Waals surface area contributed by atoms with E-state index in [-0.39, 0.29) is 0 Å². The Kier molecular flexibility index (Phi) is 7.86. The molecule has 0 aromatic rings. The number of hydrogen-bond donors (Lipinski definition) is 0. The van der Waals surface area contributed by atoms with Gasteiger partial charge in [0.15, 0.2) is 5.11 Å². The fourth-order valence-electron chi connectivity index (χ4n) is 1.52. The van der Waals surface area contributed by atoms with Crippen molar-refractivity contribution in [2.75, 3.05) is 26.2 Å². The van der Waals surface area contributed by atoms with E-state index in [4.69, 9.17) is 12.2 Å². The van der Waals surface area contributed by atoms with Gasteiger partial charge in [0.1, 0.15) is 0 Å². The molecule has 0 amide bonds. The average molecular weight is 216 g/mol. The molecule has 3 heteroatoms. The van der Waals surface area contributed by atoms with Crippen molar-refractivity contribution in [1.29, 1.82) is 0 Å². The Labute approximate surface area is 94.3 Å². The van der Waals surface area contributed by atoms with Crippen molar-refractivity contribution in [3.8, 4) is 0 Å². The van der Waals surface area contributed by atoms with Crippen LogP contribution in [-0.4, -0.2) is 41.1 Å². The second kappa shape index (κ2) is 8.04. The summed E-state index contributed by atoms with van der Waals surface area (Å²) in [6, 6.07) is 0. The highest BCUT2D eigenvalue weighted by Crippen LogP contribution is 2.02. The van der Waals surface area contributed by atoms with Crippen LogP contribution in [0.4, 0.5) is 0 Å². The Balaban J connectivity index is 4.21. The van der Waals surface area contributed by atoms with Gasteiger partial charge in [0.05, 0.1) is 0 Å². The van der Waals surface area contributed by atoms with Gasteiger partial charge in [0, 0.05) is 26.2 Å². The van der Waals surface area contributed by atoms with Gasteiger partial charge in [0.2, 0.25) is 0 Å². The van der Waals surface area contributed by atoms with E-state index in [0.717, 1.165) is 44.1 Å². The molecule has 0 rings (SSSR count). The smallest absolute Gasteiger partial charge is 0.171 e. The van der Waals surface area contributed by atoms with Crippen molar-refractivity contribution in [3.63, 3.8) is 0 Å². The summed E-state index contributed by atoms with van der Waals surface area (Å²) in [6.45, 7) is 12.9. The Bertz CT molecular complexity index is 143. The summed E-state index contributed by atoms with van der Waals surface area (Å²) in [5.74, 6) is 0. The van der Waals surface area contributed by atoms with Crippen LogP contribution in [0.15, 0.2) is 0 Å². The molecule has 0 heterocycles. The number of hydrogen-bond acceptors (Lipinski definition) is 1.